The van der Waals surface area contributed by atoms with Crippen LogP contribution >= 0.6 is 11.6 Å². The average Bonchev–Trinajstić information content (AvgIpc) is 2.71. The molecule has 0 saturated heterocycles. The van der Waals surface area contributed by atoms with Gasteiger partial charge in [0, 0.05) is 16.8 Å². The zero-order chi connectivity index (χ0) is 20.1. The van der Waals surface area contributed by atoms with Crippen molar-refractivity contribution in [2.24, 2.45) is 0 Å². The Morgan fingerprint density at radius 1 is 1.04 bits per heavy atom. The number of amides is 1. The van der Waals surface area contributed by atoms with Gasteiger partial charge in [0.1, 0.15) is 23.0 Å². The van der Waals surface area contributed by atoms with Crippen molar-refractivity contribution in [3.05, 3.63) is 65.1 Å². The molecular weight excluding hydrogens is 380 g/mol. The summed E-state index contributed by atoms with van der Waals surface area (Å²) in [6, 6.07) is 10.8. The van der Waals surface area contributed by atoms with Gasteiger partial charge in [0.2, 0.25) is 0 Å². The van der Waals surface area contributed by atoms with Gasteiger partial charge in [-0.15, -0.1) is 0 Å². The van der Waals surface area contributed by atoms with Gasteiger partial charge in [-0.3, -0.25) is 4.79 Å². The lowest BCUT2D eigenvalue weighted by molar-refractivity contribution is 0.102. The molecule has 0 unspecified atom stereocenters. The number of ether oxygens (including phenoxy) is 2. The number of rotatable bonds is 6. The monoisotopic (exact) mass is 398 g/mol. The molecule has 0 fully saturated rings. The Morgan fingerprint density at radius 3 is 2.39 bits per heavy atom. The summed E-state index contributed by atoms with van der Waals surface area (Å²) < 4.78 is 10.4. The number of carbonyl (C=O) groups is 1. The first-order chi connectivity index (χ1) is 13.5. The lowest BCUT2D eigenvalue weighted by Gasteiger charge is -2.12. The molecule has 0 saturated carbocycles. The maximum Gasteiger partial charge on any atom is 0.275 e. The molecule has 0 spiro atoms. The summed E-state index contributed by atoms with van der Waals surface area (Å²) in [7, 11) is 3.12. The van der Waals surface area contributed by atoms with Gasteiger partial charge in [-0.05, 0) is 42.8 Å². The minimum Gasteiger partial charge on any atom is -0.497 e. The lowest BCUT2D eigenvalue weighted by Crippen LogP contribution is -2.15. The van der Waals surface area contributed by atoms with Crippen molar-refractivity contribution >= 4 is 34.7 Å². The van der Waals surface area contributed by atoms with Crippen molar-refractivity contribution in [2.45, 2.75) is 6.92 Å². The fraction of sp³-hybridized carbons (Fsp3) is 0.150. The van der Waals surface area contributed by atoms with Crippen LogP contribution in [0.2, 0.25) is 5.02 Å². The van der Waals surface area contributed by atoms with Gasteiger partial charge in [0.05, 0.1) is 32.3 Å². The van der Waals surface area contributed by atoms with Crippen LogP contribution in [-0.2, 0) is 0 Å². The number of carbonyl (C=O) groups excluding carboxylic acids is 1. The molecule has 1 aromatic heterocycles. The van der Waals surface area contributed by atoms with Gasteiger partial charge >= 0.3 is 0 Å². The number of hydrogen-bond acceptors (Lipinski definition) is 6. The first-order valence-corrected chi connectivity index (χ1v) is 8.76. The maximum absolute atomic E-state index is 12.5. The zero-order valence-corrected chi connectivity index (χ0v) is 16.4. The fourth-order valence-corrected chi connectivity index (χ4v) is 2.60. The smallest absolute Gasteiger partial charge is 0.275 e. The SMILES string of the molecule is COc1ccc(Nc2cnc(C(=O)Nc3cc(C)c(Cl)cc3OC)cn2)cc1. The molecule has 0 atom stereocenters. The molecule has 0 bridgehead atoms. The van der Waals surface area contributed by atoms with E-state index in [1.54, 1.807) is 19.2 Å². The first kappa shape index (κ1) is 19.4. The molecule has 2 aromatic carbocycles. The van der Waals surface area contributed by atoms with Crippen LogP contribution < -0.4 is 20.1 Å². The summed E-state index contributed by atoms with van der Waals surface area (Å²) in [5, 5.41) is 6.43. The third kappa shape index (κ3) is 4.50. The highest BCUT2D eigenvalue weighted by molar-refractivity contribution is 6.31. The van der Waals surface area contributed by atoms with Crippen LogP contribution in [0.25, 0.3) is 0 Å². The van der Waals surface area contributed by atoms with Gasteiger partial charge in [-0.1, -0.05) is 11.6 Å². The average molecular weight is 399 g/mol. The molecule has 1 amide bonds. The zero-order valence-electron chi connectivity index (χ0n) is 15.6. The molecule has 7 nitrogen and oxygen atoms in total. The molecule has 0 aliphatic carbocycles. The number of nitrogens with one attached hydrogen (secondary N) is 2. The van der Waals surface area contributed by atoms with Crippen LogP contribution in [0.5, 0.6) is 11.5 Å². The van der Waals surface area contributed by atoms with E-state index >= 15 is 0 Å². The van der Waals surface area contributed by atoms with Crippen LogP contribution in [0, 0.1) is 6.92 Å². The van der Waals surface area contributed by atoms with Crippen molar-refractivity contribution in [3.63, 3.8) is 0 Å². The summed E-state index contributed by atoms with van der Waals surface area (Å²) in [6.07, 6.45) is 2.89. The highest BCUT2D eigenvalue weighted by Crippen LogP contribution is 2.31. The van der Waals surface area contributed by atoms with Crippen LogP contribution in [0.4, 0.5) is 17.2 Å². The number of anilines is 3. The minimum atomic E-state index is -0.400. The second kappa shape index (κ2) is 8.58. The molecule has 8 heteroatoms. The molecule has 0 aliphatic rings. The third-order valence-corrected chi connectivity index (χ3v) is 4.38. The second-order valence-electron chi connectivity index (χ2n) is 5.90. The van der Waals surface area contributed by atoms with Crippen molar-refractivity contribution in [3.8, 4) is 11.5 Å². The summed E-state index contributed by atoms with van der Waals surface area (Å²) in [4.78, 5) is 20.9. The Morgan fingerprint density at radius 2 is 1.79 bits per heavy atom. The van der Waals surface area contributed by atoms with Crippen molar-refractivity contribution in [2.75, 3.05) is 24.9 Å². The van der Waals surface area contributed by atoms with E-state index in [2.05, 4.69) is 20.6 Å². The molecular formula is C20H19ClN4O3. The molecule has 28 heavy (non-hydrogen) atoms. The Bertz CT molecular complexity index is 976. The number of aromatic nitrogens is 2. The highest BCUT2D eigenvalue weighted by atomic mass is 35.5. The highest BCUT2D eigenvalue weighted by Gasteiger charge is 2.13. The fourth-order valence-electron chi connectivity index (χ4n) is 2.45. The van der Waals surface area contributed by atoms with Crippen molar-refractivity contribution in [1.29, 1.82) is 0 Å². The molecule has 2 N–H and O–H groups in total. The van der Waals surface area contributed by atoms with E-state index in [-0.39, 0.29) is 5.69 Å². The number of methoxy groups -OCH3 is 2. The van der Waals surface area contributed by atoms with E-state index in [9.17, 15) is 4.79 Å². The first-order valence-electron chi connectivity index (χ1n) is 8.38. The summed E-state index contributed by atoms with van der Waals surface area (Å²) in [5.41, 5.74) is 2.34. The number of hydrogen-bond donors (Lipinski definition) is 2. The molecule has 0 radical (unpaired) electrons. The van der Waals surface area contributed by atoms with Crippen LogP contribution in [0.1, 0.15) is 16.1 Å². The van der Waals surface area contributed by atoms with Crippen molar-refractivity contribution in [1.82, 2.24) is 9.97 Å². The van der Waals surface area contributed by atoms with Crippen LogP contribution in [-0.4, -0.2) is 30.1 Å². The topological polar surface area (TPSA) is 85.4 Å². The molecule has 144 valence electrons. The number of benzene rings is 2. The van der Waals surface area contributed by atoms with Gasteiger partial charge < -0.3 is 20.1 Å². The van der Waals surface area contributed by atoms with E-state index in [1.807, 2.05) is 31.2 Å². The quantitative estimate of drug-likeness (QED) is 0.638. The molecule has 3 rings (SSSR count). The number of halogens is 1. The Labute approximate surface area is 167 Å². The molecule has 0 aliphatic heterocycles. The van der Waals surface area contributed by atoms with Gasteiger partial charge in [-0.2, -0.15) is 0 Å². The summed E-state index contributed by atoms with van der Waals surface area (Å²) in [5.74, 6) is 1.34. The maximum atomic E-state index is 12.5. The third-order valence-electron chi connectivity index (χ3n) is 3.98. The Hall–Kier alpha value is -3.32. The van der Waals surface area contributed by atoms with Gasteiger partial charge in [0.15, 0.2) is 0 Å². The van der Waals surface area contributed by atoms with Crippen LogP contribution in [0.3, 0.4) is 0 Å². The Kier molecular flexibility index (Phi) is 5.96. The summed E-state index contributed by atoms with van der Waals surface area (Å²) in [6.45, 7) is 1.84. The minimum absolute atomic E-state index is 0.176. The molecule has 3 aromatic rings. The lowest BCUT2D eigenvalue weighted by atomic mass is 10.2. The molecule has 1 heterocycles. The van der Waals surface area contributed by atoms with E-state index in [0.717, 1.165) is 17.0 Å². The normalized spacial score (nSPS) is 10.3. The van der Waals surface area contributed by atoms with E-state index in [4.69, 9.17) is 21.1 Å². The van der Waals surface area contributed by atoms with Crippen molar-refractivity contribution < 1.29 is 14.3 Å². The number of aryl methyl sites for hydroxylation is 1. The standard InChI is InChI=1S/C20H19ClN4O3/c1-12-8-16(18(28-3)9-15(12)21)25-20(26)17-10-23-19(11-22-17)24-13-4-6-14(27-2)7-5-13/h4-11H,1-3H3,(H,23,24)(H,25,26). The van der Waals surface area contributed by atoms with E-state index in [1.165, 1.54) is 19.5 Å². The van der Waals surface area contributed by atoms with Crippen LogP contribution in [0.15, 0.2) is 48.8 Å². The van der Waals surface area contributed by atoms with E-state index in [0.29, 0.717) is 22.3 Å². The number of nitrogens with zero attached hydrogens (tertiary/aromatic N) is 2. The van der Waals surface area contributed by atoms with Gasteiger partial charge in [0.25, 0.3) is 5.91 Å². The predicted molar refractivity (Wildman–Crippen MR) is 109 cm³/mol. The predicted octanol–water partition coefficient (Wildman–Crippen LogP) is 4.45. The van der Waals surface area contributed by atoms with E-state index < -0.39 is 5.91 Å². The Balaban J connectivity index is 1.70. The summed E-state index contributed by atoms with van der Waals surface area (Å²) >= 11 is 6.09. The second-order valence-corrected chi connectivity index (χ2v) is 6.30. The van der Waals surface area contributed by atoms with Gasteiger partial charge in [-0.25, -0.2) is 9.97 Å². The largest absolute Gasteiger partial charge is 0.497 e.